The minimum Gasteiger partial charge on any atom is -0.354 e. The lowest BCUT2D eigenvalue weighted by molar-refractivity contribution is -0.125. The van der Waals surface area contributed by atoms with E-state index >= 15 is 0 Å². The molecule has 0 saturated carbocycles. The average Bonchev–Trinajstić information content (AvgIpc) is 2.26. The van der Waals surface area contributed by atoms with Crippen molar-refractivity contribution in [3.63, 3.8) is 0 Å². The van der Waals surface area contributed by atoms with Crippen LogP contribution in [0, 0.1) is 6.92 Å². The molecular weight excluding hydrogens is 200 g/mol. The third-order valence-corrected chi connectivity index (χ3v) is 2.82. The average molecular weight is 220 g/mol. The summed E-state index contributed by atoms with van der Waals surface area (Å²) in [6.45, 7) is 6.87. The molecular formula is C13H20N2O. The van der Waals surface area contributed by atoms with Crippen LogP contribution in [0.5, 0.6) is 0 Å². The molecule has 0 aliphatic heterocycles. The molecule has 0 aliphatic carbocycles. The smallest absolute Gasteiger partial charge is 0.230 e. The first-order valence-electron chi connectivity index (χ1n) is 5.54. The second-order valence-electron chi connectivity index (χ2n) is 4.48. The van der Waals surface area contributed by atoms with Gasteiger partial charge in [0.25, 0.3) is 0 Å². The second kappa shape index (κ2) is 5.12. The number of amides is 1. The van der Waals surface area contributed by atoms with Crippen LogP contribution in [0.2, 0.25) is 0 Å². The Kier molecular flexibility index (Phi) is 4.07. The SMILES string of the molecule is Cc1ccccc1C(C)(C)C(=O)NCCN. The fourth-order valence-corrected chi connectivity index (χ4v) is 1.80. The summed E-state index contributed by atoms with van der Waals surface area (Å²) in [5, 5.41) is 2.83. The minimum atomic E-state index is -0.513. The number of aryl methyl sites for hydroxylation is 1. The number of carbonyl (C=O) groups is 1. The van der Waals surface area contributed by atoms with Gasteiger partial charge in [0, 0.05) is 13.1 Å². The molecule has 1 amide bonds. The lowest BCUT2D eigenvalue weighted by Crippen LogP contribution is -2.42. The van der Waals surface area contributed by atoms with Crippen molar-refractivity contribution in [1.82, 2.24) is 5.32 Å². The molecule has 0 atom stereocenters. The summed E-state index contributed by atoms with van der Waals surface area (Å²) < 4.78 is 0. The quantitative estimate of drug-likeness (QED) is 0.804. The fourth-order valence-electron chi connectivity index (χ4n) is 1.80. The van der Waals surface area contributed by atoms with E-state index in [1.807, 2.05) is 45.0 Å². The van der Waals surface area contributed by atoms with Crippen LogP contribution >= 0.6 is 0 Å². The molecule has 3 nitrogen and oxygen atoms in total. The summed E-state index contributed by atoms with van der Waals surface area (Å²) in [5.41, 5.74) is 7.05. The Morgan fingerprint density at radius 2 is 2.00 bits per heavy atom. The maximum atomic E-state index is 12.0. The number of benzene rings is 1. The van der Waals surface area contributed by atoms with Gasteiger partial charge in [-0.05, 0) is 31.9 Å². The number of hydrogen-bond acceptors (Lipinski definition) is 2. The van der Waals surface area contributed by atoms with Crippen molar-refractivity contribution < 1.29 is 4.79 Å². The van der Waals surface area contributed by atoms with Crippen molar-refractivity contribution in [2.24, 2.45) is 5.73 Å². The summed E-state index contributed by atoms with van der Waals surface area (Å²) in [6, 6.07) is 7.96. The van der Waals surface area contributed by atoms with E-state index in [0.717, 1.165) is 11.1 Å². The van der Waals surface area contributed by atoms with Gasteiger partial charge in [-0.15, -0.1) is 0 Å². The summed E-state index contributed by atoms with van der Waals surface area (Å²) >= 11 is 0. The molecule has 0 fully saturated rings. The molecule has 0 spiro atoms. The summed E-state index contributed by atoms with van der Waals surface area (Å²) in [4.78, 5) is 12.0. The molecule has 0 heterocycles. The van der Waals surface area contributed by atoms with Crippen molar-refractivity contribution in [3.05, 3.63) is 35.4 Å². The van der Waals surface area contributed by atoms with Crippen molar-refractivity contribution in [2.45, 2.75) is 26.2 Å². The van der Waals surface area contributed by atoms with Crippen molar-refractivity contribution in [3.8, 4) is 0 Å². The van der Waals surface area contributed by atoms with E-state index in [2.05, 4.69) is 5.32 Å². The van der Waals surface area contributed by atoms with Crippen LogP contribution in [-0.4, -0.2) is 19.0 Å². The maximum absolute atomic E-state index is 12.0. The van der Waals surface area contributed by atoms with E-state index in [-0.39, 0.29) is 5.91 Å². The molecule has 0 aromatic heterocycles. The van der Waals surface area contributed by atoms with Gasteiger partial charge in [0.05, 0.1) is 5.41 Å². The highest BCUT2D eigenvalue weighted by Gasteiger charge is 2.30. The van der Waals surface area contributed by atoms with Gasteiger partial charge in [0.1, 0.15) is 0 Å². The van der Waals surface area contributed by atoms with Gasteiger partial charge < -0.3 is 11.1 Å². The molecule has 1 aromatic carbocycles. The lowest BCUT2D eigenvalue weighted by Gasteiger charge is -2.25. The largest absolute Gasteiger partial charge is 0.354 e. The van der Waals surface area contributed by atoms with Crippen LogP contribution in [0.15, 0.2) is 24.3 Å². The first kappa shape index (κ1) is 12.7. The van der Waals surface area contributed by atoms with Crippen LogP contribution in [0.3, 0.4) is 0 Å². The van der Waals surface area contributed by atoms with Crippen LogP contribution < -0.4 is 11.1 Å². The van der Waals surface area contributed by atoms with Crippen LogP contribution in [0.25, 0.3) is 0 Å². The van der Waals surface area contributed by atoms with E-state index in [4.69, 9.17) is 5.73 Å². The number of carbonyl (C=O) groups excluding carboxylic acids is 1. The molecule has 3 heteroatoms. The van der Waals surface area contributed by atoms with Crippen molar-refractivity contribution in [2.75, 3.05) is 13.1 Å². The van der Waals surface area contributed by atoms with Gasteiger partial charge in [-0.25, -0.2) is 0 Å². The van der Waals surface area contributed by atoms with Gasteiger partial charge in [0.2, 0.25) is 5.91 Å². The van der Waals surface area contributed by atoms with E-state index < -0.39 is 5.41 Å². The number of rotatable bonds is 4. The van der Waals surface area contributed by atoms with Gasteiger partial charge in [-0.3, -0.25) is 4.79 Å². The predicted octanol–water partition coefficient (Wildman–Crippen LogP) is 1.35. The Hall–Kier alpha value is -1.35. The normalized spacial score (nSPS) is 11.2. The molecule has 16 heavy (non-hydrogen) atoms. The van der Waals surface area contributed by atoms with Crippen LogP contribution in [0.4, 0.5) is 0 Å². The molecule has 0 saturated heterocycles. The first-order chi connectivity index (χ1) is 7.50. The number of nitrogens with one attached hydrogen (secondary N) is 1. The molecule has 1 rings (SSSR count). The monoisotopic (exact) mass is 220 g/mol. The van der Waals surface area contributed by atoms with E-state index in [0.29, 0.717) is 13.1 Å². The topological polar surface area (TPSA) is 55.1 Å². The summed E-state index contributed by atoms with van der Waals surface area (Å²) in [6.07, 6.45) is 0. The standard InChI is InChI=1S/C13H20N2O/c1-10-6-4-5-7-11(10)13(2,3)12(16)15-9-8-14/h4-7H,8-9,14H2,1-3H3,(H,15,16). The molecule has 3 N–H and O–H groups in total. The van der Waals surface area contributed by atoms with Gasteiger partial charge in [-0.1, -0.05) is 24.3 Å². The zero-order valence-corrected chi connectivity index (χ0v) is 10.2. The van der Waals surface area contributed by atoms with Crippen molar-refractivity contribution in [1.29, 1.82) is 0 Å². The van der Waals surface area contributed by atoms with Crippen LogP contribution in [0.1, 0.15) is 25.0 Å². The summed E-state index contributed by atoms with van der Waals surface area (Å²) in [7, 11) is 0. The Morgan fingerprint density at radius 3 is 2.56 bits per heavy atom. The molecule has 0 unspecified atom stereocenters. The fraction of sp³-hybridized carbons (Fsp3) is 0.462. The Morgan fingerprint density at radius 1 is 1.38 bits per heavy atom. The second-order valence-corrected chi connectivity index (χ2v) is 4.48. The molecule has 0 aliphatic rings. The minimum absolute atomic E-state index is 0.0206. The zero-order valence-electron chi connectivity index (χ0n) is 10.2. The van der Waals surface area contributed by atoms with Gasteiger partial charge >= 0.3 is 0 Å². The summed E-state index contributed by atoms with van der Waals surface area (Å²) in [5.74, 6) is 0.0206. The van der Waals surface area contributed by atoms with Crippen LogP contribution in [-0.2, 0) is 10.2 Å². The Bertz CT molecular complexity index is 372. The molecule has 0 radical (unpaired) electrons. The number of hydrogen-bond donors (Lipinski definition) is 2. The number of nitrogens with two attached hydrogens (primary N) is 1. The highest BCUT2D eigenvalue weighted by molar-refractivity contribution is 5.87. The third-order valence-electron chi connectivity index (χ3n) is 2.82. The van der Waals surface area contributed by atoms with Crippen molar-refractivity contribution >= 4 is 5.91 Å². The van der Waals surface area contributed by atoms with E-state index in [1.165, 1.54) is 0 Å². The Labute approximate surface area is 97.0 Å². The zero-order chi connectivity index (χ0) is 12.2. The lowest BCUT2D eigenvalue weighted by atomic mass is 9.81. The van der Waals surface area contributed by atoms with E-state index in [1.54, 1.807) is 0 Å². The maximum Gasteiger partial charge on any atom is 0.230 e. The van der Waals surface area contributed by atoms with E-state index in [9.17, 15) is 4.79 Å². The predicted molar refractivity (Wildman–Crippen MR) is 66.3 cm³/mol. The van der Waals surface area contributed by atoms with Gasteiger partial charge in [0.15, 0.2) is 0 Å². The third kappa shape index (κ3) is 2.61. The first-order valence-corrected chi connectivity index (χ1v) is 5.54. The molecule has 0 bridgehead atoms. The highest BCUT2D eigenvalue weighted by atomic mass is 16.2. The highest BCUT2D eigenvalue weighted by Crippen LogP contribution is 2.26. The molecule has 1 aromatic rings. The Balaban J connectivity index is 2.93. The van der Waals surface area contributed by atoms with Gasteiger partial charge in [-0.2, -0.15) is 0 Å². The molecule has 88 valence electrons.